The molecule has 8 nitrogen and oxygen atoms in total. The second-order valence-electron chi connectivity index (χ2n) is 9.39. The molecule has 0 amide bonds. The number of hydrogen-bond donors (Lipinski definition) is 5. The summed E-state index contributed by atoms with van der Waals surface area (Å²) in [6, 6.07) is 17.4. The predicted octanol–water partition coefficient (Wildman–Crippen LogP) is 6.13. The zero-order valence-corrected chi connectivity index (χ0v) is 25.1. The van der Waals surface area contributed by atoms with Gasteiger partial charge in [-0.3, -0.25) is 5.41 Å². The van der Waals surface area contributed by atoms with Gasteiger partial charge in [-0.05, 0) is 47.7 Å². The van der Waals surface area contributed by atoms with Gasteiger partial charge in [0.05, 0.1) is 28.5 Å². The van der Waals surface area contributed by atoms with E-state index in [1.165, 1.54) is 11.0 Å². The molecule has 1 atom stereocenters. The van der Waals surface area contributed by atoms with Gasteiger partial charge in [0, 0.05) is 40.7 Å². The highest BCUT2D eigenvalue weighted by molar-refractivity contribution is 7.98. The molecule has 0 heterocycles. The lowest BCUT2D eigenvalue weighted by Crippen LogP contribution is -2.29. The van der Waals surface area contributed by atoms with E-state index in [1.54, 1.807) is 36.0 Å². The minimum atomic E-state index is -0.901. The van der Waals surface area contributed by atoms with E-state index >= 15 is 0 Å². The fourth-order valence-corrected chi connectivity index (χ4v) is 5.10. The molecule has 0 radical (unpaired) electrons. The number of nitrogens with one attached hydrogen (secondary N) is 2. The van der Waals surface area contributed by atoms with Crippen molar-refractivity contribution in [3.63, 3.8) is 0 Å². The van der Waals surface area contributed by atoms with Crippen LogP contribution in [0.1, 0.15) is 11.1 Å². The average Bonchev–Trinajstić information content (AvgIpc) is 3.00. The van der Waals surface area contributed by atoms with E-state index in [4.69, 9.17) is 48.4 Å². The highest BCUT2D eigenvalue weighted by Gasteiger charge is 2.16. The van der Waals surface area contributed by atoms with Crippen molar-refractivity contribution in [3.05, 3.63) is 99.6 Å². The van der Waals surface area contributed by atoms with Gasteiger partial charge in [-0.25, -0.2) is 0 Å². The third-order valence-electron chi connectivity index (χ3n) is 6.45. The van der Waals surface area contributed by atoms with Crippen molar-refractivity contribution in [2.75, 3.05) is 26.0 Å². The molecule has 11 heteroatoms. The summed E-state index contributed by atoms with van der Waals surface area (Å²) >= 11 is 15.1. The monoisotopic (exact) mass is 627 g/mol. The van der Waals surface area contributed by atoms with Crippen molar-refractivity contribution in [2.24, 2.45) is 5.16 Å². The van der Waals surface area contributed by atoms with E-state index in [9.17, 15) is 5.11 Å². The van der Waals surface area contributed by atoms with Crippen LogP contribution in [0.15, 0.2) is 88.4 Å². The van der Waals surface area contributed by atoms with Gasteiger partial charge in [-0.1, -0.05) is 64.8 Å². The molecular formula is C31H31Cl2N3O5S. The van der Waals surface area contributed by atoms with Crippen LogP contribution in [0.3, 0.4) is 0 Å². The molecule has 220 valence electrons. The molecule has 1 aliphatic rings. The summed E-state index contributed by atoms with van der Waals surface area (Å²) in [6.45, 7) is 0.427. The highest BCUT2D eigenvalue weighted by Crippen LogP contribution is 2.36. The van der Waals surface area contributed by atoms with Crippen molar-refractivity contribution in [1.29, 1.82) is 5.41 Å². The third kappa shape index (κ3) is 8.16. The molecule has 0 aliphatic heterocycles. The SMILES string of the molecule is CSc1ccc(-c2cccc(COc3cc(OCC4=CC(=N)/C(=N\O)C=C4)c(CNCC(O)CO)cc3Cl)c2Cl)cc1. The summed E-state index contributed by atoms with van der Waals surface area (Å²) < 4.78 is 12.2. The van der Waals surface area contributed by atoms with Gasteiger partial charge in [0.2, 0.25) is 0 Å². The minimum Gasteiger partial charge on any atom is -0.488 e. The normalized spacial score (nSPS) is 14.6. The van der Waals surface area contributed by atoms with E-state index in [0.717, 1.165) is 16.7 Å². The number of rotatable bonds is 13. The van der Waals surface area contributed by atoms with Gasteiger partial charge in [0.15, 0.2) is 0 Å². The number of nitrogens with zero attached hydrogens (tertiary/aromatic N) is 1. The Morgan fingerprint density at radius 1 is 1.00 bits per heavy atom. The molecule has 1 unspecified atom stereocenters. The van der Waals surface area contributed by atoms with E-state index in [0.29, 0.717) is 39.2 Å². The standard InChI is InChI=1S/C31H31Cl2N3O5S/c1-42-24-8-6-20(7-9-24)25-4-2-3-21(31(25)33)18-41-30-13-29(22(12-26(30)32)14-35-15-23(38)16-37)40-17-19-5-10-28(36-39)27(34)11-19/h2-13,23,34-35,37-39H,14-18H2,1H3/b34-27?,36-28-. The molecule has 0 aromatic heterocycles. The molecule has 0 spiro atoms. The molecule has 3 aromatic rings. The lowest BCUT2D eigenvalue weighted by molar-refractivity contribution is 0.0941. The van der Waals surface area contributed by atoms with Crippen LogP contribution in [0, 0.1) is 5.41 Å². The van der Waals surface area contributed by atoms with Gasteiger partial charge in [-0.2, -0.15) is 0 Å². The first-order valence-corrected chi connectivity index (χ1v) is 15.0. The van der Waals surface area contributed by atoms with Gasteiger partial charge in [0.25, 0.3) is 0 Å². The van der Waals surface area contributed by atoms with Crippen molar-refractivity contribution in [3.8, 4) is 22.6 Å². The average molecular weight is 629 g/mol. The number of allylic oxidation sites excluding steroid dienone is 2. The summed E-state index contributed by atoms with van der Waals surface area (Å²) in [4.78, 5) is 1.17. The van der Waals surface area contributed by atoms with Gasteiger partial charge in [-0.15, -0.1) is 11.8 Å². The Morgan fingerprint density at radius 2 is 1.76 bits per heavy atom. The number of benzene rings is 3. The maximum atomic E-state index is 9.70. The molecule has 0 fully saturated rings. The van der Waals surface area contributed by atoms with Crippen molar-refractivity contribution < 1.29 is 24.9 Å². The molecule has 4 rings (SSSR count). The summed E-state index contributed by atoms with van der Waals surface area (Å²) in [7, 11) is 0. The molecule has 0 bridgehead atoms. The number of ether oxygens (including phenoxy) is 2. The van der Waals surface area contributed by atoms with Gasteiger partial charge < -0.3 is 30.2 Å². The van der Waals surface area contributed by atoms with Crippen LogP contribution in [-0.4, -0.2) is 59.0 Å². The minimum absolute atomic E-state index is 0.0675. The summed E-state index contributed by atoms with van der Waals surface area (Å²) in [5.41, 5.74) is 4.34. The first kappa shape index (κ1) is 31.6. The lowest BCUT2D eigenvalue weighted by Gasteiger charge is -2.18. The van der Waals surface area contributed by atoms with Crippen LogP contribution in [0.2, 0.25) is 10.0 Å². The molecular weight excluding hydrogens is 597 g/mol. The third-order valence-corrected chi connectivity index (χ3v) is 7.93. The van der Waals surface area contributed by atoms with Crippen molar-refractivity contribution in [2.45, 2.75) is 24.2 Å². The Labute approximate surface area is 258 Å². The maximum Gasteiger partial charge on any atom is 0.142 e. The number of aliphatic hydroxyl groups is 2. The second-order valence-corrected chi connectivity index (χ2v) is 11.1. The maximum absolute atomic E-state index is 9.70. The van der Waals surface area contributed by atoms with Crippen LogP contribution in [0.25, 0.3) is 11.1 Å². The molecule has 1 aliphatic carbocycles. The van der Waals surface area contributed by atoms with Crippen molar-refractivity contribution in [1.82, 2.24) is 5.32 Å². The van der Waals surface area contributed by atoms with Crippen LogP contribution in [-0.2, 0) is 13.2 Å². The van der Waals surface area contributed by atoms with Gasteiger partial charge >= 0.3 is 0 Å². The Kier molecular flexibility index (Phi) is 11.5. The quantitative estimate of drug-likeness (QED) is 0.0667. The predicted molar refractivity (Wildman–Crippen MR) is 169 cm³/mol. The molecule has 42 heavy (non-hydrogen) atoms. The molecule has 5 N–H and O–H groups in total. The highest BCUT2D eigenvalue weighted by atomic mass is 35.5. The topological polar surface area (TPSA) is 127 Å². The number of hydrogen-bond acceptors (Lipinski definition) is 9. The number of oxime groups is 1. The zero-order chi connectivity index (χ0) is 30.1. The molecule has 0 saturated carbocycles. The Morgan fingerprint density at radius 3 is 2.45 bits per heavy atom. The largest absolute Gasteiger partial charge is 0.488 e. The lowest BCUT2D eigenvalue weighted by atomic mass is 10.0. The van der Waals surface area contributed by atoms with E-state index in [-0.39, 0.29) is 37.8 Å². The first-order chi connectivity index (χ1) is 20.3. The zero-order valence-electron chi connectivity index (χ0n) is 22.8. The van der Waals surface area contributed by atoms with E-state index in [2.05, 4.69) is 22.6 Å². The number of aliphatic hydroxyl groups excluding tert-OH is 2. The van der Waals surface area contributed by atoms with Crippen LogP contribution in [0.5, 0.6) is 11.5 Å². The molecule has 0 saturated heterocycles. The summed E-state index contributed by atoms with van der Waals surface area (Å²) in [5, 5.41) is 42.9. The smallest absolute Gasteiger partial charge is 0.142 e. The fourth-order valence-electron chi connectivity index (χ4n) is 4.16. The van der Waals surface area contributed by atoms with E-state index in [1.807, 2.05) is 36.6 Å². The van der Waals surface area contributed by atoms with E-state index < -0.39 is 6.10 Å². The Bertz CT molecular complexity index is 1510. The van der Waals surface area contributed by atoms with Crippen LogP contribution >= 0.6 is 35.0 Å². The molecule has 3 aromatic carbocycles. The second kappa shape index (κ2) is 15.2. The first-order valence-electron chi connectivity index (χ1n) is 13.0. The fraction of sp³-hybridized carbons (Fsp3) is 0.226. The van der Waals surface area contributed by atoms with Crippen LogP contribution in [0.4, 0.5) is 0 Å². The van der Waals surface area contributed by atoms with Gasteiger partial charge in [0.1, 0.15) is 30.4 Å². The Hall–Kier alpha value is -3.31. The van der Waals surface area contributed by atoms with Crippen LogP contribution < -0.4 is 14.8 Å². The van der Waals surface area contributed by atoms with Crippen molar-refractivity contribution >= 4 is 46.4 Å². The number of halogens is 2. The number of thioether (sulfide) groups is 1. The Balaban J connectivity index is 1.54. The summed E-state index contributed by atoms with van der Waals surface area (Å²) in [6.07, 6.45) is 5.93. The summed E-state index contributed by atoms with van der Waals surface area (Å²) in [5.74, 6) is 0.879.